The molecule has 0 radical (unpaired) electrons. The molecule has 0 aliphatic heterocycles. The molecule has 0 amide bonds. The Balaban J connectivity index is 2.79. The first-order chi connectivity index (χ1) is 8.54. The van der Waals surface area contributed by atoms with Gasteiger partial charge in [0.25, 0.3) is 0 Å². The second kappa shape index (κ2) is 8.07. The molecule has 1 aromatic carbocycles. The van der Waals surface area contributed by atoms with Crippen molar-refractivity contribution in [2.45, 2.75) is 39.3 Å². The van der Waals surface area contributed by atoms with E-state index in [-0.39, 0.29) is 18.0 Å². The van der Waals surface area contributed by atoms with Gasteiger partial charge in [0, 0.05) is 3.57 Å². The molecule has 0 saturated heterocycles. The second-order valence-corrected chi connectivity index (χ2v) is 5.72. The van der Waals surface area contributed by atoms with Gasteiger partial charge in [-0.1, -0.05) is 13.0 Å². The minimum absolute atomic E-state index is 0.125. The largest absolute Gasteiger partial charge is 0.377 e. The molecule has 1 aromatic rings. The maximum atomic E-state index is 13.1. The van der Waals surface area contributed by atoms with Crippen LogP contribution < -0.4 is 5.32 Å². The predicted octanol–water partition coefficient (Wildman–Crippen LogP) is 3.90. The van der Waals surface area contributed by atoms with Gasteiger partial charge in [0.05, 0.1) is 18.8 Å². The molecule has 18 heavy (non-hydrogen) atoms. The molecule has 1 N–H and O–H groups in total. The molecule has 0 aliphatic carbocycles. The van der Waals surface area contributed by atoms with Gasteiger partial charge in [-0.05, 0) is 67.1 Å². The summed E-state index contributed by atoms with van der Waals surface area (Å²) in [5.41, 5.74) is 1.10. The third-order valence-corrected chi connectivity index (χ3v) is 3.51. The molecule has 0 bridgehead atoms. The van der Waals surface area contributed by atoms with E-state index in [0.717, 1.165) is 22.1 Å². The monoisotopic (exact) mass is 365 g/mol. The zero-order valence-corrected chi connectivity index (χ0v) is 13.3. The van der Waals surface area contributed by atoms with E-state index in [1.807, 2.05) is 19.9 Å². The van der Waals surface area contributed by atoms with Gasteiger partial charge in [-0.2, -0.15) is 0 Å². The topological polar surface area (TPSA) is 21.3 Å². The standard InChI is InChI=1S/C14H21FINO/c1-4-7-17-14(9-18-10(2)3)12-6-5-11(15)8-13(12)16/h5-6,8,10,14,17H,4,7,9H2,1-3H3. The van der Waals surface area contributed by atoms with E-state index in [1.165, 1.54) is 6.07 Å². The Morgan fingerprint density at radius 3 is 2.67 bits per heavy atom. The Bertz CT molecular complexity index is 371. The van der Waals surface area contributed by atoms with E-state index < -0.39 is 0 Å². The fourth-order valence-electron chi connectivity index (χ4n) is 1.65. The van der Waals surface area contributed by atoms with Gasteiger partial charge in [-0.3, -0.25) is 0 Å². The summed E-state index contributed by atoms with van der Waals surface area (Å²) in [6.07, 6.45) is 1.27. The minimum Gasteiger partial charge on any atom is -0.377 e. The van der Waals surface area contributed by atoms with Crippen LogP contribution in [0.15, 0.2) is 18.2 Å². The molecule has 0 fully saturated rings. The molecule has 0 saturated carbocycles. The lowest BCUT2D eigenvalue weighted by molar-refractivity contribution is 0.0609. The molecular weight excluding hydrogens is 344 g/mol. The molecule has 4 heteroatoms. The SMILES string of the molecule is CCCNC(COC(C)C)c1ccc(F)cc1I. The fourth-order valence-corrected chi connectivity index (χ4v) is 2.50. The first-order valence-electron chi connectivity index (χ1n) is 6.34. The van der Waals surface area contributed by atoms with Crippen molar-refractivity contribution < 1.29 is 9.13 Å². The van der Waals surface area contributed by atoms with Crippen molar-refractivity contribution in [2.24, 2.45) is 0 Å². The first-order valence-corrected chi connectivity index (χ1v) is 7.42. The van der Waals surface area contributed by atoms with E-state index in [1.54, 1.807) is 6.07 Å². The Morgan fingerprint density at radius 2 is 2.11 bits per heavy atom. The van der Waals surface area contributed by atoms with Crippen LogP contribution >= 0.6 is 22.6 Å². The quantitative estimate of drug-likeness (QED) is 0.741. The number of ether oxygens (including phenoxy) is 1. The van der Waals surface area contributed by atoms with Crippen molar-refractivity contribution in [1.82, 2.24) is 5.32 Å². The zero-order valence-electron chi connectivity index (χ0n) is 11.2. The molecule has 1 atom stereocenters. The molecule has 0 spiro atoms. The summed E-state index contributed by atoms with van der Waals surface area (Å²) in [6, 6.07) is 5.04. The summed E-state index contributed by atoms with van der Waals surface area (Å²) in [5.74, 6) is -0.192. The average molecular weight is 365 g/mol. The van der Waals surface area contributed by atoms with Crippen LogP contribution in [0.25, 0.3) is 0 Å². The van der Waals surface area contributed by atoms with E-state index >= 15 is 0 Å². The van der Waals surface area contributed by atoms with Crippen LogP contribution in [-0.4, -0.2) is 19.3 Å². The third kappa shape index (κ3) is 5.20. The number of hydrogen-bond donors (Lipinski definition) is 1. The first kappa shape index (κ1) is 15.9. The normalized spacial score (nSPS) is 13.0. The van der Waals surface area contributed by atoms with Gasteiger partial charge in [-0.25, -0.2) is 4.39 Å². The van der Waals surface area contributed by atoms with Crippen molar-refractivity contribution in [1.29, 1.82) is 0 Å². The van der Waals surface area contributed by atoms with E-state index in [9.17, 15) is 4.39 Å². The van der Waals surface area contributed by atoms with Crippen molar-refractivity contribution in [3.05, 3.63) is 33.1 Å². The summed E-state index contributed by atoms with van der Waals surface area (Å²) < 4.78 is 19.7. The van der Waals surface area contributed by atoms with Gasteiger partial charge in [0.15, 0.2) is 0 Å². The van der Waals surface area contributed by atoms with Crippen molar-refractivity contribution in [2.75, 3.05) is 13.2 Å². The average Bonchev–Trinajstić information content (AvgIpc) is 2.30. The van der Waals surface area contributed by atoms with Gasteiger partial charge >= 0.3 is 0 Å². The molecule has 0 aliphatic rings. The zero-order chi connectivity index (χ0) is 13.5. The summed E-state index contributed by atoms with van der Waals surface area (Å²) in [4.78, 5) is 0. The van der Waals surface area contributed by atoms with Gasteiger partial charge < -0.3 is 10.1 Å². The molecule has 2 nitrogen and oxygen atoms in total. The Labute approximate surface area is 122 Å². The Kier molecular flexibility index (Phi) is 7.11. The van der Waals surface area contributed by atoms with Crippen LogP contribution in [0.3, 0.4) is 0 Å². The van der Waals surface area contributed by atoms with E-state index in [0.29, 0.717) is 6.61 Å². The van der Waals surface area contributed by atoms with Crippen LogP contribution in [0.1, 0.15) is 38.8 Å². The minimum atomic E-state index is -0.192. The van der Waals surface area contributed by atoms with Gasteiger partial charge in [-0.15, -0.1) is 0 Å². The lowest BCUT2D eigenvalue weighted by Crippen LogP contribution is -2.28. The summed E-state index contributed by atoms with van der Waals surface area (Å²) in [5, 5.41) is 3.45. The lowest BCUT2D eigenvalue weighted by Gasteiger charge is -2.21. The molecule has 1 rings (SSSR count). The molecular formula is C14H21FINO. The highest BCUT2D eigenvalue weighted by Gasteiger charge is 2.15. The summed E-state index contributed by atoms with van der Waals surface area (Å²) in [7, 11) is 0. The van der Waals surface area contributed by atoms with Crippen molar-refractivity contribution in [3.63, 3.8) is 0 Å². The predicted molar refractivity (Wildman–Crippen MR) is 81.2 cm³/mol. The van der Waals surface area contributed by atoms with Gasteiger partial charge in [0.2, 0.25) is 0 Å². The van der Waals surface area contributed by atoms with Crippen molar-refractivity contribution >= 4 is 22.6 Å². The summed E-state index contributed by atoms with van der Waals surface area (Å²) in [6.45, 7) is 7.71. The highest BCUT2D eigenvalue weighted by atomic mass is 127. The third-order valence-electron chi connectivity index (χ3n) is 2.57. The van der Waals surface area contributed by atoms with E-state index in [2.05, 4.69) is 34.8 Å². The van der Waals surface area contributed by atoms with Crippen LogP contribution in [0.2, 0.25) is 0 Å². The molecule has 0 aromatic heterocycles. The van der Waals surface area contributed by atoms with E-state index in [4.69, 9.17) is 4.74 Å². The van der Waals surface area contributed by atoms with Gasteiger partial charge in [0.1, 0.15) is 5.82 Å². The number of rotatable bonds is 7. The maximum absolute atomic E-state index is 13.1. The van der Waals surface area contributed by atoms with Crippen LogP contribution in [-0.2, 0) is 4.74 Å². The maximum Gasteiger partial charge on any atom is 0.124 e. The summed E-state index contributed by atoms with van der Waals surface area (Å²) >= 11 is 2.17. The number of nitrogens with one attached hydrogen (secondary N) is 1. The van der Waals surface area contributed by atoms with Crippen LogP contribution in [0, 0.1) is 9.39 Å². The lowest BCUT2D eigenvalue weighted by atomic mass is 10.1. The van der Waals surface area contributed by atoms with Crippen LogP contribution in [0.4, 0.5) is 4.39 Å². The van der Waals surface area contributed by atoms with Crippen LogP contribution in [0.5, 0.6) is 0 Å². The Morgan fingerprint density at radius 1 is 1.39 bits per heavy atom. The fraction of sp³-hybridized carbons (Fsp3) is 0.571. The molecule has 1 unspecified atom stereocenters. The number of halogens is 2. The molecule has 0 heterocycles. The molecule has 102 valence electrons. The Hall–Kier alpha value is -0.200. The second-order valence-electron chi connectivity index (χ2n) is 4.55. The number of hydrogen-bond acceptors (Lipinski definition) is 2. The number of benzene rings is 1. The highest BCUT2D eigenvalue weighted by molar-refractivity contribution is 14.1. The highest BCUT2D eigenvalue weighted by Crippen LogP contribution is 2.22. The van der Waals surface area contributed by atoms with Crippen molar-refractivity contribution in [3.8, 4) is 0 Å². The smallest absolute Gasteiger partial charge is 0.124 e.